The number of H-pyrrole nitrogens is 1. The van der Waals surface area contributed by atoms with Crippen molar-refractivity contribution in [3.05, 3.63) is 76.2 Å². The summed E-state index contributed by atoms with van der Waals surface area (Å²) in [6.45, 7) is 2.90. The molecule has 1 N–H and O–H groups in total. The summed E-state index contributed by atoms with van der Waals surface area (Å²) in [4.78, 5) is 35.2. The molecule has 0 spiro atoms. The third-order valence-corrected chi connectivity index (χ3v) is 7.15. The van der Waals surface area contributed by atoms with E-state index < -0.39 is 17.3 Å². The second-order valence-corrected chi connectivity index (χ2v) is 9.69. The van der Waals surface area contributed by atoms with E-state index in [1.807, 2.05) is 7.05 Å². The number of halogens is 3. The third kappa shape index (κ3) is 4.26. The zero-order valence-corrected chi connectivity index (χ0v) is 21.2. The number of aromatic nitrogens is 5. The number of likely N-dealkylation sites (N-methyl/N-ethyl adjacent to an activating group) is 1. The topological polar surface area (TPSA) is 92.0 Å². The molecule has 1 aliphatic rings. The van der Waals surface area contributed by atoms with Gasteiger partial charge in [-0.25, -0.2) is 9.67 Å². The Kier molecular flexibility index (Phi) is 5.79. The van der Waals surface area contributed by atoms with Crippen molar-refractivity contribution >= 4 is 27.8 Å². The first kappa shape index (κ1) is 24.9. The number of pyridine rings is 1. The van der Waals surface area contributed by atoms with Crippen LogP contribution in [0.1, 0.15) is 15.9 Å². The summed E-state index contributed by atoms with van der Waals surface area (Å²) in [6.07, 6.45) is -2.99. The smallest absolute Gasteiger partial charge is 0.336 e. The minimum atomic E-state index is -4.55. The molecule has 4 heterocycles. The standard InChI is InChI=1S/C27H24F3N7O2/c1-34-10-12-36(13-11-34)25(38)16-6-8-19(9-7-16)37-26(39)21-22(17-4-3-5-18(14-17)27(28,29)30)32-24-20(23(21)33-37)15-31-35(24)2/h3-9,14-15,33H,10-13H2,1-2H3. The third-order valence-electron chi connectivity index (χ3n) is 7.15. The van der Waals surface area contributed by atoms with Crippen LogP contribution in [0, 0.1) is 0 Å². The van der Waals surface area contributed by atoms with Gasteiger partial charge in [0.05, 0.1) is 39.4 Å². The van der Waals surface area contributed by atoms with Crippen molar-refractivity contribution in [3.8, 4) is 16.9 Å². The minimum Gasteiger partial charge on any atom is -0.336 e. The molecule has 0 atom stereocenters. The molecular formula is C27H24F3N7O2. The van der Waals surface area contributed by atoms with Gasteiger partial charge in [0.25, 0.3) is 11.5 Å². The number of carbonyl (C=O) groups is 1. The summed E-state index contributed by atoms with van der Waals surface area (Å²) in [6, 6.07) is 11.4. The minimum absolute atomic E-state index is 0.0771. The molecule has 0 bridgehead atoms. The maximum absolute atomic E-state index is 13.7. The molecule has 3 aromatic heterocycles. The van der Waals surface area contributed by atoms with E-state index in [1.165, 1.54) is 21.5 Å². The predicted octanol–water partition coefficient (Wildman–Crippen LogP) is 3.67. The van der Waals surface area contributed by atoms with Crippen LogP contribution in [0.4, 0.5) is 13.2 Å². The molecule has 2 aromatic carbocycles. The monoisotopic (exact) mass is 535 g/mol. The molecule has 1 aliphatic heterocycles. The number of benzene rings is 2. The van der Waals surface area contributed by atoms with E-state index in [0.29, 0.717) is 40.9 Å². The number of alkyl halides is 3. The lowest BCUT2D eigenvalue weighted by Gasteiger charge is -2.32. The molecule has 9 nitrogen and oxygen atoms in total. The summed E-state index contributed by atoms with van der Waals surface area (Å²) in [5, 5.41) is 8.03. The van der Waals surface area contributed by atoms with E-state index in [-0.39, 0.29) is 22.6 Å². The molecule has 200 valence electrons. The average Bonchev–Trinajstić information content (AvgIpc) is 3.48. The summed E-state index contributed by atoms with van der Waals surface area (Å²) in [5.41, 5.74) is 0.764. The predicted molar refractivity (Wildman–Crippen MR) is 140 cm³/mol. The van der Waals surface area contributed by atoms with Gasteiger partial charge in [-0.15, -0.1) is 0 Å². The first-order valence-corrected chi connectivity index (χ1v) is 12.3. The lowest BCUT2D eigenvalue weighted by atomic mass is 10.0. The number of rotatable bonds is 3. The van der Waals surface area contributed by atoms with Gasteiger partial charge >= 0.3 is 6.18 Å². The van der Waals surface area contributed by atoms with Gasteiger partial charge in [0.15, 0.2) is 5.65 Å². The average molecular weight is 536 g/mol. The first-order valence-electron chi connectivity index (χ1n) is 12.3. The molecule has 6 rings (SSSR count). The fraction of sp³-hybridized carbons (Fsp3) is 0.259. The van der Waals surface area contributed by atoms with E-state index in [2.05, 4.69) is 20.1 Å². The van der Waals surface area contributed by atoms with Crippen LogP contribution in [-0.2, 0) is 13.2 Å². The zero-order chi connectivity index (χ0) is 27.5. The highest BCUT2D eigenvalue weighted by Crippen LogP contribution is 2.34. The van der Waals surface area contributed by atoms with Crippen molar-refractivity contribution in [1.82, 2.24) is 34.3 Å². The normalized spacial score (nSPS) is 14.9. The highest BCUT2D eigenvalue weighted by atomic mass is 19.4. The second-order valence-electron chi connectivity index (χ2n) is 9.69. The number of piperazine rings is 1. The number of nitrogens with one attached hydrogen (secondary N) is 1. The van der Waals surface area contributed by atoms with Crippen LogP contribution in [-0.4, -0.2) is 73.5 Å². The Morgan fingerprint density at radius 1 is 1.00 bits per heavy atom. The van der Waals surface area contributed by atoms with Crippen molar-refractivity contribution in [1.29, 1.82) is 0 Å². The van der Waals surface area contributed by atoms with E-state index in [1.54, 1.807) is 42.4 Å². The van der Waals surface area contributed by atoms with Gasteiger partial charge in [-0.1, -0.05) is 12.1 Å². The van der Waals surface area contributed by atoms with Crippen molar-refractivity contribution < 1.29 is 18.0 Å². The van der Waals surface area contributed by atoms with Gasteiger partial charge in [-0.3, -0.25) is 19.4 Å². The van der Waals surface area contributed by atoms with Crippen LogP contribution in [0.25, 0.3) is 38.9 Å². The molecule has 0 unspecified atom stereocenters. The maximum atomic E-state index is 13.7. The number of fused-ring (bicyclic) bond motifs is 3. The van der Waals surface area contributed by atoms with Crippen LogP contribution >= 0.6 is 0 Å². The van der Waals surface area contributed by atoms with Crippen LogP contribution in [0.15, 0.2) is 59.5 Å². The van der Waals surface area contributed by atoms with E-state index in [4.69, 9.17) is 0 Å². The fourth-order valence-corrected chi connectivity index (χ4v) is 4.93. The van der Waals surface area contributed by atoms with Crippen molar-refractivity contribution in [2.75, 3.05) is 33.2 Å². The highest BCUT2D eigenvalue weighted by Gasteiger charge is 2.31. The molecule has 39 heavy (non-hydrogen) atoms. The molecule has 0 saturated carbocycles. The summed E-state index contributed by atoms with van der Waals surface area (Å²) in [5.74, 6) is -0.0771. The maximum Gasteiger partial charge on any atom is 0.416 e. The van der Waals surface area contributed by atoms with Crippen molar-refractivity contribution in [2.45, 2.75) is 6.18 Å². The molecular weight excluding hydrogens is 511 g/mol. The number of nitrogens with zero attached hydrogens (tertiary/aromatic N) is 6. The molecule has 1 fully saturated rings. The largest absolute Gasteiger partial charge is 0.416 e. The molecule has 12 heteroatoms. The summed E-state index contributed by atoms with van der Waals surface area (Å²) >= 11 is 0. The van der Waals surface area contributed by atoms with E-state index in [9.17, 15) is 22.8 Å². The molecule has 0 aliphatic carbocycles. The van der Waals surface area contributed by atoms with E-state index >= 15 is 0 Å². The van der Waals surface area contributed by atoms with Crippen molar-refractivity contribution in [2.24, 2.45) is 7.05 Å². The quantitative estimate of drug-likeness (QED) is 0.381. The Morgan fingerprint density at radius 3 is 2.41 bits per heavy atom. The molecule has 1 saturated heterocycles. The lowest BCUT2D eigenvalue weighted by molar-refractivity contribution is -0.137. The first-order chi connectivity index (χ1) is 18.6. The Balaban J connectivity index is 1.46. The summed E-state index contributed by atoms with van der Waals surface area (Å²) in [7, 11) is 3.68. The number of hydrogen-bond donors (Lipinski definition) is 1. The van der Waals surface area contributed by atoms with Crippen molar-refractivity contribution in [3.63, 3.8) is 0 Å². The molecule has 0 radical (unpaired) electrons. The Labute approximate surface area is 220 Å². The zero-order valence-electron chi connectivity index (χ0n) is 21.2. The number of amides is 1. The second kappa shape index (κ2) is 9.09. The fourth-order valence-electron chi connectivity index (χ4n) is 4.93. The van der Waals surface area contributed by atoms with Gasteiger partial charge in [0, 0.05) is 44.4 Å². The SMILES string of the molecule is CN1CCN(C(=O)c2ccc(-n3[nH]c4c(c(-c5cccc(C(F)(F)F)c5)nc5c4cnn5C)c3=O)cc2)CC1. The Morgan fingerprint density at radius 2 is 1.72 bits per heavy atom. The molecule has 5 aromatic rings. The van der Waals surface area contributed by atoms with E-state index in [0.717, 1.165) is 25.2 Å². The van der Waals surface area contributed by atoms with Gasteiger partial charge in [-0.2, -0.15) is 18.3 Å². The number of carbonyl (C=O) groups excluding carboxylic acids is 1. The Bertz CT molecular complexity index is 1780. The Hall–Kier alpha value is -4.45. The summed E-state index contributed by atoms with van der Waals surface area (Å²) < 4.78 is 43.2. The van der Waals surface area contributed by atoms with Crippen LogP contribution in [0.2, 0.25) is 0 Å². The molecule has 1 amide bonds. The number of aromatic amines is 1. The highest BCUT2D eigenvalue weighted by molar-refractivity contribution is 6.07. The number of aryl methyl sites for hydroxylation is 1. The van der Waals surface area contributed by atoms with Crippen LogP contribution < -0.4 is 5.56 Å². The van der Waals surface area contributed by atoms with Crippen LogP contribution in [0.3, 0.4) is 0 Å². The van der Waals surface area contributed by atoms with Gasteiger partial charge in [0.1, 0.15) is 0 Å². The lowest BCUT2D eigenvalue weighted by Crippen LogP contribution is -2.47. The van der Waals surface area contributed by atoms with Crippen LogP contribution in [0.5, 0.6) is 0 Å². The number of hydrogen-bond acceptors (Lipinski definition) is 5. The van der Waals surface area contributed by atoms with Gasteiger partial charge < -0.3 is 9.80 Å². The van der Waals surface area contributed by atoms with Gasteiger partial charge in [-0.05, 0) is 43.4 Å². The van der Waals surface area contributed by atoms with Gasteiger partial charge in [0.2, 0.25) is 0 Å².